The molecule has 5 amide bonds. The van der Waals surface area contributed by atoms with E-state index in [1.807, 2.05) is 13.8 Å². The van der Waals surface area contributed by atoms with Crippen molar-refractivity contribution < 1.29 is 24.0 Å². The Kier molecular flexibility index (Phi) is 11.3. The van der Waals surface area contributed by atoms with Gasteiger partial charge >= 0.3 is 0 Å². The lowest BCUT2D eigenvalue weighted by molar-refractivity contribution is -0.137. The Balaban J connectivity index is 1.75. The van der Waals surface area contributed by atoms with E-state index in [1.54, 1.807) is 31.2 Å². The minimum atomic E-state index is -0.805. The monoisotopic (exact) mass is 625 g/mol. The molecule has 0 spiro atoms. The highest BCUT2D eigenvalue weighted by molar-refractivity contribution is 9.14. The number of imide groups is 1. The van der Waals surface area contributed by atoms with E-state index in [4.69, 9.17) is 0 Å². The lowest BCUT2D eigenvalue weighted by Gasteiger charge is -2.24. The lowest BCUT2D eigenvalue weighted by Crippen LogP contribution is -2.53. The standard InChI is InChI=1S/C25H31Br2N4O5/c1-14(2)21(23(34)28-16(4)22(33)29-17-11-9-15(3)10-12-17)30-18(32)8-6-5-7-13-31-24(35)19(26)20(27)25(31)36/h9-12,14,16,21H,3,5-8,13H2,1-2,4H3,(H,28,34)(H,29,33)(H,30,32)/t16-,21-/m1/s1. The molecular weight excluding hydrogens is 596 g/mol. The normalized spacial score (nSPS) is 15.2. The average Bonchev–Trinajstić information content (AvgIpc) is 3.01. The molecule has 1 aliphatic rings. The number of carbonyl (C=O) groups is 5. The highest BCUT2D eigenvalue weighted by Crippen LogP contribution is 2.29. The lowest BCUT2D eigenvalue weighted by atomic mass is 10.0. The summed E-state index contributed by atoms with van der Waals surface area (Å²) in [5.41, 5.74) is 1.41. The zero-order valence-electron chi connectivity index (χ0n) is 20.5. The first kappa shape index (κ1) is 29.7. The van der Waals surface area contributed by atoms with Crippen LogP contribution in [0.4, 0.5) is 5.69 Å². The summed E-state index contributed by atoms with van der Waals surface area (Å²) in [6.45, 7) is 9.25. The summed E-state index contributed by atoms with van der Waals surface area (Å²) in [4.78, 5) is 62.8. The number of nitrogens with one attached hydrogen (secondary N) is 3. The van der Waals surface area contributed by atoms with Crippen molar-refractivity contribution >= 4 is 67.1 Å². The van der Waals surface area contributed by atoms with E-state index in [1.165, 1.54) is 0 Å². The number of amides is 5. The van der Waals surface area contributed by atoms with Gasteiger partial charge in [0.15, 0.2) is 0 Å². The maximum absolute atomic E-state index is 12.8. The summed E-state index contributed by atoms with van der Waals surface area (Å²) in [5, 5.41) is 8.14. The molecule has 36 heavy (non-hydrogen) atoms. The molecule has 0 aliphatic carbocycles. The number of carbonyl (C=O) groups excluding carboxylic acids is 5. The first-order chi connectivity index (χ1) is 16.9. The largest absolute Gasteiger partial charge is 0.344 e. The molecule has 1 radical (unpaired) electrons. The van der Waals surface area contributed by atoms with Crippen LogP contribution < -0.4 is 16.0 Å². The molecule has 9 nitrogen and oxygen atoms in total. The Morgan fingerprint density at radius 2 is 1.47 bits per heavy atom. The topological polar surface area (TPSA) is 125 Å². The molecule has 1 aromatic carbocycles. The SMILES string of the molecule is [CH2]c1ccc(NC(=O)[C@@H](C)NC(=O)[C@H](NC(=O)CCCCCN2C(=O)C(Br)=C(Br)C2=O)C(C)C)cc1. The van der Waals surface area contributed by atoms with Crippen molar-refractivity contribution in [3.8, 4) is 0 Å². The number of nitrogens with zero attached hydrogens (tertiary/aromatic N) is 1. The van der Waals surface area contributed by atoms with Gasteiger partial charge in [0.25, 0.3) is 11.8 Å². The maximum atomic E-state index is 12.8. The predicted octanol–water partition coefficient (Wildman–Crippen LogP) is 3.38. The fourth-order valence-electron chi connectivity index (χ4n) is 3.44. The molecule has 11 heteroatoms. The van der Waals surface area contributed by atoms with Gasteiger partial charge in [0.1, 0.15) is 21.0 Å². The second-order valence-corrected chi connectivity index (χ2v) is 10.5. The highest BCUT2D eigenvalue weighted by atomic mass is 79.9. The second-order valence-electron chi connectivity index (χ2n) is 8.91. The third-order valence-corrected chi connectivity index (χ3v) is 7.59. The molecule has 3 N–H and O–H groups in total. The van der Waals surface area contributed by atoms with E-state index in [-0.39, 0.29) is 51.5 Å². The molecule has 195 valence electrons. The van der Waals surface area contributed by atoms with E-state index in [0.29, 0.717) is 24.9 Å². The summed E-state index contributed by atoms with van der Waals surface area (Å²) in [5.74, 6) is -2.05. The van der Waals surface area contributed by atoms with Gasteiger partial charge in [0.2, 0.25) is 17.7 Å². The summed E-state index contributed by atoms with van der Waals surface area (Å²) in [6.07, 6.45) is 1.92. The average molecular weight is 627 g/mol. The van der Waals surface area contributed by atoms with Crippen LogP contribution in [0.25, 0.3) is 0 Å². The van der Waals surface area contributed by atoms with Crippen LogP contribution in [0, 0.1) is 12.8 Å². The molecule has 0 aromatic heterocycles. The molecule has 1 heterocycles. The van der Waals surface area contributed by atoms with Crippen molar-refractivity contribution in [3.63, 3.8) is 0 Å². The molecule has 0 unspecified atom stereocenters. The van der Waals surface area contributed by atoms with Crippen LogP contribution in [0.2, 0.25) is 0 Å². The molecule has 2 rings (SSSR count). The van der Waals surface area contributed by atoms with Gasteiger partial charge in [-0.05, 0) is 82.2 Å². The van der Waals surface area contributed by atoms with Gasteiger partial charge in [0, 0.05) is 18.7 Å². The first-order valence-electron chi connectivity index (χ1n) is 11.7. The molecule has 2 atom stereocenters. The summed E-state index contributed by atoms with van der Waals surface area (Å²) < 4.78 is 0.425. The van der Waals surface area contributed by atoms with E-state index in [2.05, 4.69) is 54.7 Å². The third-order valence-electron chi connectivity index (χ3n) is 5.58. The van der Waals surface area contributed by atoms with Gasteiger partial charge in [-0.2, -0.15) is 0 Å². The summed E-state index contributed by atoms with van der Waals surface area (Å²) >= 11 is 6.18. The van der Waals surface area contributed by atoms with Gasteiger partial charge in [0.05, 0.1) is 0 Å². The Labute approximate surface area is 228 Å². The van der Waals surface area contributed by atoms with Crippen molar-refractivity contribution in [3.05, 3.63) is 45.7 Å². The van der Waals surface area contributed by atoms with Crippen LogP contribution in [-0.4, -0.2) is 53.1 Å². The Bertz CT molecular complexity index is 1020. The molecule has 0 bridgehead atoms. The zero-order valence-corrected chi connectivity index (χ0v) is 23.7. The number of benzene rings is 1. The molecule has 0 saturated carbocycles. The Morgan fingerprint density at radius 1 is 0.889 bits per heavy atom. The Hall–Kier alpha value is -2.53. The number of unbranched alkanes of at least 4 members (excludes halogenated alkanes) is 2. The van der Waals surface area contributed by atoms with Crippen LogP contribution in [0.5, 0.6) is 0 Å². The van der Waals surface area contributed by atoms with Crippen LogP contribution in [0.3, 0.4) is 0 Å². The summed E-state index contributed by atoms with van der Waals surface area (Å²) in [7, 11) is 0. The maximum Gasteiger partial charge on any atom is 0.269 e. The van der Waals surface area contributed by atoms with E-state index >= 15 is 0 Å². The number of anilines is 1. The van der Waals surface area contributed by atoms with Crippen molar-refractivity contribution in [1.29, 1.82) is 0 Å². The van der Waals surface area contributed by atoms with Crippen LogP contribution in [0.15, 0.2) is 33.2 Å². The minimum absolute atomic E-state index is 0.189. The Morgan fingerprint density at radius 3 is 2.03 bits per heavy atom. The van der Waals surface area contributed by atoms with Crippen molar-refractivity contribution in [2.24, 2.45) is 5.92 Å². The van der Waals surface area contributed by atoms with E-state index in [0.717, 1.165) is 10.5 Å². The van der Waals surface area contributed by atoms with E-state index in [9.17, 15) is 24.0 Å². The van der Waals surface area contributed by atoms with Gasteiger partial charge in [-0.15, -0.1) is 0 Å². The molecule has 1 aliphatic heterocycles. The highest BCUT2D eigenvalue weighted by Gasteiger charge is 2.35. The quantitative estimate of drug-likeness (QED) is 0.242. The fourth-order valence-corrected chi connectivity index (χ4v) is 4.21. The minimum Gasteiger partial charge on any atom is -0.344 e. The smallest absolute Gasteiger partial charge is 0.269 e. The van der Waals surface area contributed by atoms with Crippen molar-refractivity contribution in [1.82, 2.24) is 15.5 Å². The first-order valence-corrected chi connectivity index (χ1v) is 13.2. The van der Waals surface area contributed by atoms with Crippen LogP contribution in [-0.2, 0) is 24.0 Å². The molecule has 0 fully saturated rings. The van der Waals surface area contributed by atoms with E-state index < -0.39 is 18.0 Å². The number of halogens is 2. The second kappa shape index (κ2) is 13.7. The molecule has 0 saturated heterocycles. The van der Waals surface area contributed by atoms with Gasteiger partial charge in [-0.3, -0.25) is 28.9 Å². The van der Waals surface area contributed by atoms with Gasteiger partial charge in [-0.25, -0.2) is 0 Å². The summed E-state index contributed by atoms with van der Waals surface area (Å²) in [6, 6.07) is 5.39. The van der Waals surface area contributed by atoms with Gasteiger partial charge in [-0.1, -0.05) is 32.4 Å². The number of hydrogen-bond donors (Lipinski definition) is 3. The van der Waals surface area contributed by atoms with Gasteiger partial charge < -0.3 is 16.0 Å². The molecular formula is C25H31Br2N4O5. The predicted molar refractivity (Wildman–Crippen MR) is 144 cm³/mol. The third kappa shape index (κ3) is 8.26. The number of hydrogen-bond acceptors (Lipinski definition) is 5. The van der Waals surface area contributed by atoms with Crippen LogP contribution >= 0.6 is 31.9 Å². The fraction of sp³-hybridized carbons (Fsp3) is 0.440. The number of rotatable bonds is 12. The van der Waals surface area contributed by atoms with Crippen molar-refractivity contribution in [2.45, 2.75) is 58.5 Å². The molecule has 1 aromatic rings. The zero-order chi connectivity index (χ0) is 27.0. The van der Waals surface area contributed by atoms with Crippen molar-refractivity contribution in [2.75, 3.05) is 11.9 Å². The van der Waals surface area contributed by atoms with Crippen LogP contribution in [0.1, 0.15) is 52.0 Å².